The quantitative estimate of drug-likeness (QED) is 0.321. The fraction of sp³-hybridized carbons (Fsp3) is 0.462. The van der Waals surface area contributed by atoms with Crippen LogP contribution in [0.2, 0.25) is 0 Å². The van der Waals surface area contributed by atoms with Crippen LogP contribution in [0.3, 0.4) is 0 Å². The molecular weight excluding hydrogens is 304 g/mol. The van der Waals surface area contributed by atoms with Gasteiger partial charge in [-0.15, -0.1) is 0 Å². The highest BCUT2D eigenvalue weighted by Crippen LogP contribution is 2.10. The average molecular weight is 324 g/mol. The van der Waals surface area contributed by atoms with Gasteiger partial charge in [-0.05, 0) is 30.4 Å². The van der Waals surface area contributed by atoms with Gasteiger partial charge < -0.3 is 15.6 Å². The fourth-order valence-electron chi connectivity index (χ4n) is 1.71. The molecule has 4 N–H and O–H groups in total. The molecule has 2 aromatic heterocycles. The minimum Gasteiger partial charge on any atom is -0.357 e. The molecule has 0 amide bonds. The molecule has 0 fully saturated rings. The Labute approximate surface area is 132 Å². The Hall–Kier alpha value is -1.54. The smallest absolute Gasteiger partial charge is 0.188 e. The molecule has 21 heavy (non-hydrogen) atoms. The molecule has 6 nitrogen and oxygen atoms in total. The van der Waals surface area contributed by atoms with E-state index in [-0.39, 0.29) is 0 Å². The number of thioether (sulfide) groups is 1. The van der Waals surface area contributed by atoms with Crippen LogP contribution in [0.5, 0.6) is 0 Å². The van der Waals surface area contributed by atoms with Gasteiger partial charge in [0.2, 0.25) is 0 Å². The van der Waals surface area contributed by atoms with E-state index < -0.39 is 0 Å². The van der Waals surface area contributed by atoms with Crippen LogP contribution in [0.25, 0.3) is 0 Å². The number of nitrogens with one attached hydrogen (secondary N) is 4. The lowest BCUT2D eigenvalue weighted by atomic mass is 10.2. The van der Waals surface area contributed by atoms with Gasteiger partial charge in [0.25, 0.3) is 0 Å². The second-order valence-corrected chi connectivity index (χ2v) is 6.21. The van der Waals surface area contributed by atoms with Crippen LogP contribution in [0.4, 0.5) is 0 Å². The number of rotatable bonds is 9. The largest absolute Gasteiger partial charge is 0.357 e. The van der Waals surface area contributed by atoms with E-state index in [9.17, 15) is 0 Å². The van der Waals surface area contributed by atoms with Crippen molar-refractivity contribution in [3.8, 4) is 0 Å². The van der Waals surface area contributed by atoms with Crippen LogP contribution >= 0.6 is 23.3 Å². The van der Waals surface area contributed by atoms with E-state index in [1.807, 2.05) is 29.4 Å². The summed E-state index contributed by atoms with van der Waals surface area (Å²) in [4.78, 5) is 7.10. The van der Waals surface area contributed by atoms with Gasteiger partial charge in [-0.1, -0.05) is 0 Å². The molecule has 0 saturated heterocycles. The van der Waals surface area contributed by atoms with Gasteiger partial charge in [0.1, 0.15) is 0 Å². The molecule has 0 aliphatic carbocycles. The summed E-state index contributed by atoms with van der Waals surface area (Å²) < 4.78 is 4.26. The maximum absolute atomic E-state index is 7.75. The topological polar surface area (TPSA) is 89.5 Å². The van der Waals surface area contributed by atoms with E-state index >= 15 is 0 Å². The summed E-state index contributed by atoms with van der Waals surface area (Å²) >= 11 is 3.31. The van der Waals surface area contributed by atoms with Crippen LogP contribution in [-0.4, -0.2) is 39.1 Å². The fourth-order valence-corrected chi connectivity index (χ4v) is 3.09. The van der Waals surface area contributed by atoms with Gasteiger partial charge in [0.15, 0.2) is 5.96 Å². The summed E-state index contributed by atoms with van der Waals surface area (Å²) in [5, 5.41) is 15.9. The van der Waals surface area contributed by atoms with Crippen LogP contribution in [0, 0.1) is 5.41 Å². The van der Waals surface area contributed by atoms with Crippen molar-refractivity contribution in [3.63, 3.8) is 0 Å². The third-order valence-corrected chi connectivity index (χ3v) is 4.35. The molecule has 0 radical (unpaired) electrons. The first-order valence-electron chi connectivity index (χ1n) is 6.85. The molecule has 8 heteroatoms. The number of imidazole rings is 1. The molecule has 114 valence electrons. The van der Waals surface area contributed by atoms with E-state index in [4.69, 9.17) is 5.41 Å². The Morgan fingerprint density at radius 3 is 3.00 bits per heavy atom. The van der Waals surface area contributed by atoms with Gasteiger partial charge >= 0.3 is 0 Å². The molecule has 0 unspecified atom stereocenters. The zero-order valence-corrected chi connectivity index (χ0v) is 13.4. The first-order chi connectivity index (χ1) is 10.3. The average Bonchev–Trinajstić information content (AvgIpc) is 3.16. The Morgan fingerprint density at radius 1 is 1.33 bits per heavy atom. The minimum absolute atomic E-state index is 0.395. The predicted molar refractivity (Wildman–Crippen MR) is 88.9 cm³/mol. The molecule has 0 aliphatic heterocycles. The first-order valence-corrected chi connectivity index (χ1v) is 8.84. The maximum Gasteiger partial charge on any atom is 0.188 e. The van der Waals surface area contributed by atoms with E-state index in [0.717, 1.165) is 48.8 Å². The normalized spacial score (nSPS) is 10.5. The Balaban J connectivity index is 1.42. The number of hydrogen-bond acceptors (Lipinski definition) is 5. The van der Waals surface area contributed by atoms with Crippen molar-refractivity contribution in [2.75, 3.05) is 18.8 Å². The molecular formula is C13H20N6S2. The Bertz CT molecular complexity index is 497. The Morgan fingerprint density at radius 2 is 2.24 bits per heavy atom. The second kappa shape index (κ2) is 9.41. The number of nitrogens with zero attached hydrogens (tertiary/aromatic N) is 2. The van der Waals surface area contributed by atoms with Crippen LogP contribution in [-0.2, 0) is 12.2 Å². The summed E-state index contributed by atoms with van der Waals surface area (Å²) in [5.74, 6) is 2.30. The minimum atomic E-state index is 0.395. The van der Waals surface area contributed by atoms with Crippen LogP contribution in [0.1, 0.15) is 17.8 Å². The summed E-state index contributed by atoms with van der Waals surface area (Å²) in [6, 6.07) is 2.05. The van der Waals surface area contributed by atoms with Crippen molar-refractivity contribution in [2.24, 2.45) is 0 Å². The number of guanidine groups is 1. The van der Waals surface area contributed by atoms with E-state index in [2.05, 4.69) is 25.0 Å². The van der Waals surface area contributed by atoms with Crippen molar-refractivity contribution in [2.45, 2.75) is 18.6 Å². The van der Waals surface area contributed by atoms with Gasteiger partial charge in [-0.2, -0.15) is 16.1 Å². The number of aryl methyl sites for hydroxylation is 1. The third-order valence-electron chi connectivity index (χ3n) is 2.76. The lowest BCUT2D eigenvalue weighted by Gasteiger charge is -2.09. The number of aromatic amines is 1. The number of aromatic nitrogens is 3. The summed E-state index contributed by atoms with van der Waals surface area (Å²) in [6.45, 7) is 1.57. The molecule has 2 heterocycles. The van der Waals surface area contributed by atoms with Crippen molar-refractivity contribution in [1.82, 2.24) is 25.0 Å². The van der Waals surface area contributed by atoms with Gasteiger partial charge in [0.05, 0.1) is 17.7 Å². The van der Waals surface area contributed by atoms with Gasteiger partial charge in [0, 0.05) is 36.2 Å². The highest BCUT2D eigenvalue weighted by atomic mass is 32.2. The van der Waals surface area contributed by atoms with Crippen molar-refractivity contribution in [3.05, 3.63) is 35.4 Å². The number of H-pyrrole nitrogens is 1. The van der Waals surface area contributed by atoms with Crippen LogP contribution in [0.15, 0.2) is 24.0 Å². The molecule has 2 aromatic rings. The third kappa shape index (κ3) is 6.63. The standard InChI is InChI=1S/C13H20N6S2/c14-13(16-4-1-2-11-8-15-10-18-11)17-5-7-20-9-12-3-6-21-19-12/h3,6,8,10H,1-2,4-5,7,9H2,(H,15,18)(H3,14,16,17). The SMILES string of the molecule is N=C(NCCCc1c[nH]cn1)NCCSCc1ccsn1. The zero-order valence-electron chi connectivity index (χ0n) is 11.8. The van der Waals surface area contributed by atoms with Crippen molar-refractivity contribution in [1.29, 1.82) is 5.41 Å². The maximum atomic E-state index is 7.75. The molecule has 0 spiro atoms. The molecule has 0 bridgehead atoms. The zero-order chi connectivity index (χ0) is 14.8. The second-order valence-electron chi connectivity index (χ2n) is 4.44. The summed E-state index contributed by atoms with van der Waals surface area (Å²) in [5.41, 5.74) is 2.20. The molecule has 0 atom stereocenters. The first kappa shape index (κ1) is 15.8. The monoisotopic (exact) mass is 324 g/mol. The highest BCUT2D eigenvalue weighted by Gasteiger charge is 1.98. The van der Waals surface area contributed by atoms with Gasteiger partial charge in [-0.25, -0.2) is 4.98 Å². The molecule has 0 aliphatic rings. The van der Waals surface area contributed by atoms with E-state index in [1.165, 1.54) is 11.5 Å². The lowest BCUT2D eigenvalue weighted by Crippen LogP contribution is -2.38. The molecule has 0 saturated carbocycles. The lowest BCUT2D eigenvalue weighted by molar-refractivity contribution is 0.739. The molecule has 2 rings (SSSR count). The van der Waals surface area contributed by atoms with E-state index in [1.54, 1.807) is 6.33 Å². The highest BCUT2D eigenvalue weighted by molar-refractivity contribution is 7.98. The van der Waals surface area contributed by atoms with Crippen molar-refractivity contribution >= 4 is 29.3 Å². The molecule has 0 aromatic carbocycles. The Kier molecular flexibility index (Phi) is 7.10. The number of hydrogen-bond donors (Lipinski definition) is 4. The summed E-state index contributed by atoms with van der Waals surface area (Å²) in [7, 11) is 0. The van der Waals surface area contributed by atoms with Gasteiger partial charge in [-0.3, -0.25) is 5.41 Å². The van der Waals surface area contributed by atoms with E-state index in [0.29, 0.717) is 5.96 Å². The summed E-state index contributed by atoms with van der Waals surface area (Å²) in [6.07, 6.45) is 5.49. The van der Waals surface area contributed by atoms with Crippen LogP contribution < -0.4 is 10.6 Å². The van der Waals surface area contributed by atoms with Crippen molar-refractivity contribution < 1.29 is 0 Å². The predicted octanol–water partition coefficient (Wildman–Crippen LogP) is 1.85.